The maximum atomic E-state index is 13.2. The van der Waals surface area contributed by atoms with Crippen molar-refractivity contribution in [2.24, 2.45) is 56.7 Å². The molecule has 5 aliphatic carbocycles. The van der Waals surface area contributed by atoms with E-state index in [9.17, 15) is 4.79 Å². The minimum atomic E-state index is 0.0646. The smallest absolute Gasteiger partial charge is 0.305 e. The molecule has 9 atom stereocenters. The molecule has 0 spiro atoms. The van der Waals surface area contributed by atoms with E-state index < -0.39 is 0 Å². The summed E-state index contributed by atoms with van der Waals surface area (Å²) in [5.41, 5.74) is 2.96. The van der Waals surface area contributed by atoms with Gasteiger partial charge in [0.05, 0.1) is 6.61 Å². The molecule has 0 aromatic rings. The van der Waals surface area contributed by atoms with Gasteiger partial charge < -0.3 is 4.74 Å². The Hall–Kier alpha value is -1.05. The maximum Gasteiger partial charge on any atom is 0.305 e. The lowest BCUT2D eigenvalue weighted by Crippen LogP contribution is -2.65. The lowest BCUT2D eigenvalue weighted by Gasteiger charge is -2.72. The van der Waals surface area contributed by atoms with Crippen LogP contribution >= 0.6 is 0 Å². The van der Waals surface area contributed by atoms with Gasteiger partial charge in [-0.15, -0.1) is 0 Å². The number of ether oxygens (including phenoxy) is 1. The zero-order chi connectivity index (χ0) is 36.0. The topological polar surface area (TPSA) is 26.3 Å². The molecule has 5 rings (SSSR count). The molecule has 4 saturated carbocycles. The molecule has 0 bridgehead atoms. The molecular weight excluding hydrogens is 609 g/mol. The second kappa shape index (κ2) is 17.0. The van der Waals surface area contributed by atoms with Gasteiger partial charge in [-0.2, -0.15) is 0 Å². The third kappa shape index (κ3) is 8.05. The average molecular weight is 691 g/mol. The van der Waals surface area contributed by atoms with E-state index in [0.717, 1.165) is 18.3 Å². The minimum absolute atomic E-state index is 0.0646. The number of hydrogen-bond donors (Lipinski definition) is 0. The molecule has 0 unspecified atom stereocenters. The summed E-state index contributed by atoms with van der Waals surface area (Å²) in [5, 5.41) is 0. The van der Waals surface area contributed by atoms with Gasteiger partial charge in [-0.3, -0.25) is 4.79 Å². The van der Waals surface area contributed by atoms with Gasteiger partial charge in [0.2, 0.25) is 0 Å². The highest BCUT2D eigenvalue weighted by Crippen LogP contribution is 2.77. The van der Waals surface area contributed by atoms with Crippen LogP contribution in [0.15, 0.2) is 24.3 Å². The highest BCUT2D eigenvalue weighted by molar-refractivity contribution is 5.69. The van der Waals surface area contributed by atoms with Crippen molar-refractivity contribution in [3.63, 3.8) is 0 Å². The Morgan fingerprint density at radius 2 is 1.30 bits per heavy atom. The van der Waals surface area contributed by atoms with E-state index in [1.807, 2.05) is 0 Å². The molecule has 0 saturated heterocycles. The molecule has 286 valence electrons. The first-order chi connectivity index (χ1) is 23.8. The summed E-state index contributed by atoms with van der Waals surface area (Å²) >= 11 is 0. The van der Waals surface area contributed by atoms with E-state index in [2.05, 4.69) is 67.2 Å². The van der Waals surface area contributed by atoms with Crippen LogP contribution in [-0.2, 0) is 9.53 Å². The average Bonchev–Trinajstić information content (AvgIpc) is 3.46. The molecule has 2 nitrogen and oxygen atoms in total. The van der Waals surface area contributed by atoms with Crippen LogP contribution in [0.3, 0.4) is 0 Å². The summed E-state index contributed by atoms with van der Waals surface area (Å²) in [6, 6.07) is 0. The van der Waals surface area contributed by atoms with Crippen LogP contribution in [0.25, 0.3) is 0 Å². The minimum Gasteiger partial charge on any atom is -0.465 e. The van der Waals surface area contributed by atoms with Crippen molar-refractivity contribution in [1.29, 1.82) is 0 Å². The SMILES string of the molecule is C=C(C)[C@@H]1CC[C@]2(COC(=O)CCCCCCCCCCCCCCCCC)CC[C@]3(C)[C@H](CC[C@@H]4[C@@]5(C)CC=CC(C)(C)[C@@H]5CC[C@]43C)[C@@H]12. The number of rotatable bonds is 19. The molecule has 5 aliphatic rings. The summed E-state index contributed by atoms with van der Waals surface area (Å²) in [4.78, 5) is 13.2. The number of unbranched alkanes of at least 4 members (excludes halogenated alkanes) is 14. The van der Waals surface area contributed by atoms with E-state index >= 15 is 0 Å². The Bertz CT molecular complexity index is 1150. The second-order valence-corrected chi connectivity index (χ2v) is 20.3. The summed E-state index contributed by atoms with van der Waals surface area (Å²) in [6.45, 7) is 23.0. The van der Waals surface area contributed by atoms with Gasteiger partial charge in [-0.25, -0.2) is 0 Å². The standard InChI is InChI=1S/C48H82O2/c1-9-10-11-12-13-14-15-16-17-18-19-20-21-22-23-25-42(49)50-36-48-33-28-38(37(2)3)43(48)39-26-27-41-45(6)31-24-30-44(4,5)40(45)29-32-47(41,8)46(39,7)34-35-48/h24,30,38-41,43H,2,9-23,25-29,31-36H2,1,3-8H3/t38-,39+,40-,41+,43+,45-,46+,47+,48+/m0/s1. The molecule has 0 aliphatic heterocycles. The monoisotopic (exact) mass is 691 g/mol. The summed E-state index contributed by atoms with van der Waals surface area (Å²) < 4.78 is 6.31. The zero-order valence-corrected chi connectivity index (χ0v) is 34.4. The number of esters is 1. The van der Waals surface area contributed by atoms with Gasteiger partial charge in [0, 0.05) is 11.8 Å². The van der Waals surface area contributed by atoms with E-state index in [0.29, 0.717) is 52.4 Å². The van der Waals surface area contributed by atoms with Crippen molar-refractivity contribution >= 4 is 5.97 Å². The first-order valence-corrected chi connectivity index (χ1v) is 22.3. The molecule has 50 heavy (non-hydrogen) atoms. The van der Waals surface area contributed by atoms with Crippen LogP contribution in [0.5, 0.6) is 0 Å². The number of carbonyl (C=O) groups is 1. The van der Waals surface area contributed by atoms with Crippen molar-refractivity contribution < 1.29 is 9.53 Å². The third-order valence-corrected chi connectivity index (χ3v) is 17.0. The van der Waals surface area contributed by atoms with Gasteiger partial charge >= 0.3 is 5.97 Å². The second-order valence-electron chi connectivity index (χ2n) is 20.3. The maximum absolute atomic E-state index is 13.2. The Kier molecular flexibility index (Phi) is 13.6. The van der Waals surface area contributed by atoms with Gasteiger partial charge in [0.1, 0.15) is 0 Å². The fourth-order valence-corrected chi connectivity index (χ4v) is 14.1. The van der Waals surface area contributed by atoms with Crippen molar-refractivity contribution in [2.75, 3.05) is 6.61 Å². The Labute approximate surface area is 311 Å². The van der Waals surface area contributed by atoms with Crippen molar-refractivity contribution in [3.8, 4) is 0 Å². The van der Waals surface area contributed by atoms with Crippen LogP contribution in [0.1, 0.15) is 209 Å². The van der Waals surface area contributed by atoms with Gasteiger partial charge in [-0.05, 0) is 122 Å². The van der Waals surface area contributed by atoms with Gasteiger partial charge in [0.25, 0.3) is 0 Å². The third-order valence-electron chi connectivity index (χ3n) is 17.0. The van der Waals surface area contributed by atoms with Crippen LogP contribution < -0.4 is 0 Å². The van der Waals surface area contributed by atoms with E-state index in [1.54, 1.807) is 0 Å². The highest BCUT2D eigenvalue weighted by Gasteiger charge is 2.70. The van der Waals surface area contributed by atoms with E-state index in [-0.39, 0.29) is 11.4 Å². The van der Waals surface area contributed by atoms with Crippen molar-refractivity contribution in [1.82, 2.24) is 0 Å². The summed E-state index contributed by atoms with van der Waals surface area (Å²) in [6.07, 6.45) is 37.7. The number of carbonyl (C=O) groups excluding carboxylic acids is 1. The highest BCUT2D eigenvalue weighted by atomic mass is 16.5. The predicted octanol–water partition coefficient (Wildman–Crippen LogP) is 14.6. The Balaban J connectivity index is 1.09. The lowest BCUT2D eigenvalue weighted by atomic mass is 9.33. The van der Waals surface area contributed by atoms with E-state index in [1.165, 1.54) is 153 Å². The summed E-state index contributed by atoms with van der Waals surface area (Å²) in [7, 11) is 0. The van der Waals surface area contributed by atoms with E-state index in [4.69, 9.17) is 4.74 Å². The molecule has 0 aromatic carbocycles. The largest absolute Gasteiger partial charge is 0.465 e. The first-order valence-electron chi connectivity index (χ1n) is 22.3. The van der Waals surface area contributed by atoms with Crippen LogP contribution in [0.4, 0.5) is 0 Å². The lowest BCUT2D eigenvalue weighted by molar-refractivity contribution is -0.230. The van der Waals surface area contributed by atoms with Gasteiger partial charge in [0.15, 0.2) is 0 Å². The zero-order valence-electron chi connectivity index (χ0n) is 34.4. The molecule has 0 amide bonds. The molecule has 4 fully saturated rings. The normalized spacial score (nSPS) is 38.5. The first kappa shape index (κ1) is 40.1. The Morgan fingerprint density at radius 1 is 0.700 bits per heavy atom. The molecule has 0 N–H and O–H groups in total. The van der Waals surface area contributed by atoms with Crippen LogP contribution in [0.2, 0.25) is 0 Å². The number of fused-ring (bicyclic) bond motifs is 7. The van der Waals surface area contributed by atoms with Gasteiger partial charge in [-0.1, -0.05) is 156 Å². The van der Waals surface area contributed by atoms with Crippen LogP contribution in [-0.4, -0.2) is 12.6 Å². The molecule has 0 radical (unpaired) electrons. The molecule has 0 aromatic heterocycles. The molecule has 2 heteroatoms. The van der Waals surface area contributed by atoms with Crippen molar-refractivity contribution in [2.45, 2.75) is 209 Å². The fourth-order valence-electron chi connectivity index (χ4n) is 14.1. The van der Waals surface area contributed by atoms with Crippen molar-refractivity contribution in [3.05, 3.63) is 24.3 Å². The summed E-state index contributed by atoms with van der Waals surface area (Å²) in [5.74, 6) is 3.56. The molecular formula is C48H82O2. The molecule has 0 heterocycles. The predicted molar refractivity (Wildman–Crippen MR) is 214 cm³/mol. The Morgan fingerprint density at radius 3 is 1.90 bits per heavy atom. The quantitative estimate of drug-likeness (QED) is 0.0766. The number of hydrogen-bond acceptors (Lipinski definition) is 2. The van der Waals surface area contributed by atoms with Crippen LogP contribution in [0, 0.1) is 56.7 Å². The fraction of sp³-hybridized carbons (Fsp3) is 0.896. The number of allylic oxidation sites excluding steroid dienone is 3.